The minimum Gasteiger partial charge on any atom is -0.493 e. The molecule has 2 rings (SSSR count). The van der Waals surface area contributed by atoms with Crippen LogP contribution in [0.2, 0.25) is 5.02 Å². The van der Waals surface area contributed by atoms with Crippen molar-refractivity contribution < 1.29 is 19.0 Å². The Kier molecular flexibility index (Phi) is 4.96. The SMILES string of the molecule is COc1cc(C(=O)N2CC(C)OC(C)C2)cc(Cl)c1OC. The van der Waals surface area contributed by atoms with Crippen molar-refractivity contribution >= 4 is 17.5 Å². The van der Waals surface area contributed by atoms with E-state index in [9.17, 15) is 4.79 Å². The van der Waals surface area contributed by atoms with E-state index in [0.29, 0.717) is 35.2 Å². The lowest BCUT2D eigenvalue weighted by molar-refractivity contribution is -0.0586. The fourth-order valence-electron chi connectivity index (χ4n) is 2.57. The van der Waals surface area contributed by atoms with Crippen LogP contribution in [-0.4, -0.2) is 50.3 Å². The third kappa shape index (κ3) is 3.41. The normalized spacial score (nSPS) is 22.0. The summed E-state index contributed by atoms with van der Waals surface area (Å²) in [5.41, 5.74) is 0.485. The fourth-order valence-corrected chi connectivity index (χ4v) is 2.86. The average molecular weight is 314 g/mol. The largest absolute Gasteiger partial charge is 0.493 e. The minimum atomic E-state index is -0.0835. The second-order valence-corrected chi connectivity index (χ2v) is 5.57. The van der Waals surface area contributed by atoms with Crippen LogP contribution >= 0.6 is 11.6 Å². The van der Waals surface area contributed by atoms with Crippen LogP contribution in [0.1, 0.15) is 24.2 Å². The molecule has 2 atom stereocenters. The van der Waals surface area contributed by atoms with Gasteiger partial charge in [0.05, 0.1) is 31.5 Å². The zero-order chi connectivity index (χ0) is 15.6. The molecule has 0 aromatic heterocycles. The van der Waals surface area contributed by atoms with Gasteiger partial charge in [-0.05, 0) is 26.0 Å². The number of hydrogen-bond donors (Lipinski definition) is 0. The number of hydrogen-bond acceptors (Lipinski definition) is 4. The molecule has 2 unspecified atom stereocenters. The molecule has 6 heteroatoms. The second-order valence-electron chi connectivity index (χ2n) is 5.16. The highest BCUT2D eigenvalue weighted by Gasteiger charge is 2.27. The molecule has 1 aromatic rings. The average Bonchev–Trinajstić information content (AvgIpc) is 2.44. The van der Waals surface area contributed by atoms with Crippen LogP contribution in [0.15, 0.2) is 12.1 Å². The summed E-state index contributed by atoms with van der Waals surface area (Å²) in [5.74, 6) is 0.794. The van der Waals surface area contributed by atoms with Gasteiger partial charge in [0.2, 0.25) is 0 Å². The Morgan fingerprint density at radius 1 is 1.24 bits per heavy atom. The van der Waals surface area contributed by atoms with Crippen LogP contribution in [0.25, 0.3) is 0 Å². The number of halogens is 1. The van der Waals surface area contributed by atoms with Crippen molar-refractivity contribution in [3.63, 3.8) is 0 Å². The Morgan fingerprint density at radius 2 is 1.86 bits per heavy atom. The number of rotatable bonds is 3. The summed E-state index contributed by atoms with van der Waals surface area (Å²) >= 11 is 6.15. The van der Waals surface area contributed by atoms with Gasteiger partial charge < -0.3 is 19.1 Å². The zero-order valence-corrected chi connectivity index (χ0v) is 13.4. The van der Waals surface area contributed by atoms with Crippen LogP contribution in [0, 0.1) is 0 Å². The maximum Gasteiger partial charge on any atom is 0.254 e. The first kappa shape index (κ1) is 15.9. The minimum absolute atomic E-state index is 0.0216. The third-order valence-electron chi connectivity index (χ3n) is 3.39. The predicted molar refractivity (Wildman–Crippen MR) is 80.5 cm³/mol. The molecule has 0 saturated carbocycles. The predicted octanol–water partition coefficient (Wildman–Crippen LogP) is 2.61. The Balaban J connectivity index is 2.29. The molecule has 0 N–H and O–H groups in total. The first-order valence-electron chi connectivity index (χ1n) is 6.82. The van der Waals surface area contributed by atoms with Crippen LogP contribution in [-0.2, 0) is 4.74 Å². The Bertz CT molecular complexity index is 525. The van der Waals surface area contributed by atoms with E-state index in [2.05, 4.69) is 0 Å². The van der Waals surface area contributed by atoms with Crippen molar-refractivity contribution in [2.45, 2.75) is 26.1 Å². The standard InChI is InChI=1S/C15H20ClNO4/c1-9-7-17(8-10(2)21-9)15(18)11-5-12(16)14(20-4)13(6-11)19-3/h5-6,9-10H,7-8H2,1-4H3. The quantitative estimate of drug-likeness (QED) is 0.860. The summed E-state index contributed by atoms with van der Waals surface area (Å²) < 4.78 is 16.1. The van der Waals surface area contributed by atoms with Gasteiger partial charge in [-0.1, -0.05) is 11.6 Å². The third-order valence-corrected chi connectivity index (χ3v) is 3.67. The smallest absolute Gasteiger partial charge is 0.254 e. The maximum atomic E-state index is 12.6. The summed E-state index contributed by atoms with van der Waals surface area (Å²) in [4.78, 5) is 14.4. The number of ether oxygens (including phenoxy) is 3. The van der Waals surface area contributed by atoms with E-state index in [1.165, 1.54) is 14.2 Å². The number of morpholine rings is 1. The van der Waals surface area contributed by atoms with Gasteiger partial charge in [-0.15, -0.1) is 0 Å². The molecular formula is C15H20ClNO4. The van der Waals surface area contributed by atoms with E-state index >= 15 is 0 Å². The van der Waals surface area contributed by atoms with Crippen molar-refractivity contribution in [3.05, 3.63) is 22.7 Å². The lowest BCUT2D eigenvalue weighted by Gasteiger charge is -2.35. The van der Waals surface area contributed by atoms with E-state index < -0.39 is 0 Å². The van der Waals surface area contributed by atoms with Gasteiger partial charge in [0, 0.05) is 18.7 Å². The molecule has 1 amide bonds. The molecule has 1 heterocycles. The molecule has 0 bridgehead atoms. The number of amides is 1. The molecule has 1 aliphatic heterocycles. The van der Waals surface area contributed by atoms with Crippen molar-refractivity contribution in [2.24, 2.45) is 0 Å². The van der Waals surface area contributed by atoms with Gasteiger partial charge in [0.1, 0.15) is 0 Å². The molecule has 0 aliphatic carbocycles. The fraction of sp³-hybridized carbons (Fsp3) is 0.533. The van der Waals surface area contributed by atoms with Crippen molar-refractivity contribution in [1.82, 2.24) is 4.90 Å². The maximum absolute atomic E-state index is 12.6. The van der Waals surface area contributed by atoms with E-state index in [1.54, 1.807) is 17.0 Å². The second kappa shape index (κ2) is 6.54. The first-order chi connectivity index (χ1) is 9.96. The van der Waals surface area contributed by atoms with Crippen LogP contribution < -0.4 is 9.47 Å². The molecule has 0 radical (unpaired) electrons. The Hall–Kier alpha value is -1.46. The van der Waals surface area contributed by atoms with Gasteiger partial charge >= 0.3 is 0 Å². The summed E-state index contributed by atoms with van der Waals surface area (Å²) in [7, 11) is 3.03. The topological polar surface area (TPSA) is 48.0 Å². The number of carbonyl (C=O) groups excluding carboxylic acids is 1. The van der Waals surface area contributed by atoms with Gasteiger partial charge in [0.15, 0.2) is 11.5 Å². The van der Waals surface area contributed by atoms with Gasteiger partial charge in [0.25, 0.3) is 5.91 Å². The summed E-state index contributed by atoms with van der Waals surface area (Å²) in [6.45, 7) is 5.04. The zero-order valence-electron chi connectivity index (χ0n) is 12.7. The number of methoxy groups -OCH3 is 2. The van der Waals surface area contributed by atoms with Crippen LogP contribution in [0.5, 0.6) is 11.5 Å². The first-order valence-corrected chi connectivity index (χ1v) is 7.20. The Morgan fingerprint density at radius 3 is 2.38 bits per heavy atom. The van der Waals surface area contributed by atoms with Crippen LogP contribution in [0.4, 0.5) is 0 Å². The monoisotopic (exact) mass is 313 g/mol. The molecule has 1 aliphatic rings. The molecule has 1 fully saturated rings. The van der Waals surface area contributed by atoms with Gasteiger partial charge in [-0.3, -0.25) is 4.79 Å². The van der Waals surface area contributed by atoms with Crippen molar-refractivity contribution in [3.8, 4) is 11.5 Å². The van der Waals surface area contributed by atoms with Gasteiger partial charge in [-0.25, -0.2) is 0 Å². The molecule has 1 saturated heterocycles. The molecule has 5 nitrogen and oxygen atoms in total. The van der Waals surface area contributed by atoms with Crippen molar-refractivity contribution in [1.29, 1.82) is 0 Å². The highest BCUT2D eigenvalue weighted by Crippen LogP contribution is 2.36. The molecular weight excluding hydrogens is 294 g/mol. The summed E-state index contributed by atoms with van der Waals surface area (Å²) in [6.07, 6.45) is 0.0432. The van der Waals surface area contributed by atoms with Crippen molar-refractivity contribution in [2.75, 3.05) is 27.3 Å². The number of benzene rings is 1. The highest BCUT2D eigenvalue weighted by atomic mass is 35.5. The van der Waals surface area contributed by atoms with E-state index in [1.807, 2.05) is 13.8 Å². The molecule has 1 aromatic carbocycles. The lowest BCUT2D eigenvalue weighted by atomic mass is 10.1. The molecule has 116 valence electrons. The summed E-state index contributed by atoms with van der Waals surface area (Å²) in [6, 6.07) is 3.26. The van der Waals surface area contributed by atoms with E-state index in [4.69, 9.17) is 25.8 Å². The van der Waals surface area contributed by atoms with E-state index in [-0.39, 0.29) is 18.1 Å². The van der Waals surface area contributed by atoms with Gasteiger partial charge in [-0.2, -0.15) is 0 Å². The van der Waals surface area contributed by atoms with E-state index in [0.717, 1.165) is 0 Å². The molecule has 21 heavy (non-hydrogen) atoms. The number of carbonyl (C=O) groups is 1. The van der Waals surface area contributed by atoms with Crippen LogP contribution in [0.3, 0.4) is 0 Å². The Labute approximate surface area is 129 Å². The highest BCUT2D eigenvalue weighted by molar-refractivity contribution is 6.32. The number of nitrogens with zero attached hydrogens (tertiary/aromatic N) is 1. The molecule has 0 spiro atoms. The lowest BCUT2D eigenvalue weighted by Crippen LogP contribution is -2.48. The summed E-state index contributed by atoms with van der Waals surface area (Å²) in [5, 5.41) is 0.356.